The Morgan fingerprint density at radius 1 is 0.773 bits per heavy atom. The molecule has 0 aromatic rings. The largest absolute Gasteiger partial charge is 0.468 e. The second-order valence-corrected chi connectivity index (χ2v) is 6.68. The fraction of sp³-hybridized carbons (Fsp3) is 0.895. The lowest BCUT2D eigenvalue weighted by molar-refractivity contribution is -0.149. The maximum absolute atomic E-state index is 12.3. The Bertz CT molecular complexity index is 312. The summed E-state index contributed by atoms with van der Waals surface area (Å²) < 4.78 is 4.82. The zero-order chi connectivity index (χ0) is 16.0. The number of rotatable bonds is 1. The van der Waals surface area contributed by atoms with Crippen LogP contribution in [0.25, 0.3) is 0 Å². The highest BCUT2D eigenvalue weighted by Crippen LogP contribution is 2.19. The summed E-state index contributed by atoms with van der Waals surface area (Å²) in [7, 11) is 1.39. The van der Waals surface area contributed by atoms with E-state index in [2.05, 4.69) is 0 Å². The zero-order valence-corrected chi connectivity index (χ0v) is 14.4. The van der Waals surface area contributed by atoms with Crippen LogP contribution in [0.15, 0.2) is 0 Å². The Morgan fingerprint density at radius 3 is 1.64 bits per heavy atom. The van der Waals surface area contributed by atoms with Gasteiger partial charge in [0.25, 0.3) is 0 Å². The van der Waals surface area contributed by atoms with Crippen molar-refractivity contribution in [1.82, 2.24) is 0 Å². The molecule has 0 aromatic carbocycles. The Morgan fingerprint density at radius 2 is 1.18 bits per heavy atom. The number of hydrogen-bond acceptors (Lipinski definition) is 3. The molecule has 22 heavy (non-hydrogen) atoms. The van der Waals surface area contributed by atoms with E-state index in [4.69, 9.17) is 4.74 Å². The minimum absolute atomic E-state index is 0.0937. The quantitative estimate of drug-likeness (QED) is 0.493. The summed E-state index contributed by atoms with van der Waals surface area (Å²) in [5.74, 6) is -0.750. The fourth-order valence-corrected chi connectivity index (χ4v) is 3.32. The molecule has 0 heterocycles. The number of carbonyl (C=O) groups excluding carboxylic acids is 2. The predicted octanol–water partition coefficient (Wildman–Crippen LogP) is 5.21. The van der Waals surface area contributed by atoms with Crippen LogP contribution in [0.2, 0.25) is 0 Å². The molecule has 1 fully saturated rings. The van der Waals surface area contributed by atoms with Gasteiger partial charge in [-0.3, -0.25) is 9.59 Å². The van der Waals surface area contributed by atoms with Gasteiger partial charge >= 0.3 is 5.97 Å². The molecule has 1 atom stereocenters. The number of ketones is 1. The van der Waals surface area contributed by atoms with E-state index in [1.54, 1.807) is 0 Å². The third-order valence-electron chi connectivity index (χ3n) is 4.79. The van der Waals surface area contributed by atoms with Crippen molar-refractivity contribution in [2.45, 2.75) is 96.3 Å². The normalized spacial score (nSPS) is 24.4. The topological polar surface area (TPSA) is 43.4 Å². The maximum Gasteiger partial charge on any atom is 0.316 e. The molecule has 0 aromatic heterocycles. The number of carbonyl (C=O) groups is 2. The van der Waals surface area contributed by atoms with E-state index in [0.717, 1.165) is 25.7 Å². The summed E-state index contributed by atoms with van der Waals surface area (Å²) >= 11 is 0. The molecular weight excluding hydrogens is 276 g/mol. The van der Waals surface area contributed by atoms with Crippen LogP contribution in [-0.4, -0.2) is 18.9 Å². The highest BCUT2D eigenvalue weighted by Gasteiger charge is 2.26. The van der Waals surface area contributed by atoms with Crippen molar-refractivity contribution >= 4 is 11.8 Å². The van der Waals surface area contributed by atoms with Crippen molar-refractivity contribution in [2.75, 3.05) is 7.11 Å². The van der Waals surface area contributed by atoms with E-state index in [-0.39, 0.29) is 11.8 Å². The molecule has 1 aliphatic rings. The molecular formula is C19H34O3. The number of methoxy groups -OCH3 is 1. The first-order valence-electron chi connectivity index (χ1n) is 9.36. The SMILES string of the molecule is COC(=O)C1CCCCCCCCCCCCCCCC1=O. The molecule has 0 bridgehead atoms. The van der Waals surface area contributed by atoms with Gasteiger partial charge in [0.2, 0.25) is 0 Å². The highest BCUT2D eigenvalue weighted by molar-refractivity contribution is 5.98. The van der Waals surface area contributed by atoms with Crippen LogP contribution in [0.4, 0.5) is 0 Å². The Balaban J connectivity index is 2.43. The van der Waals surface area contributed by atoms with Gasteiger partial charge in [0.05, 0.1) is 7.11 Å². The molecule has 0 amide bonds. The van der Waals surface area contributed by atoms with Crippen LogP contribution >= 0.6 is 0 Å². The molecule has 1 rings (SSSR count). The van der Waals surface area contributed by atoms with Crippen LogP contribution in [-0.2, 0) is 14.3 Å². The number of ether oxygens (including phenoxy) is 1. The minimum atomic E-state index is -0.513. The van der Waals surface area contributed by atoms with Crippen molar-refractivity contribution in [1.29, 1.82) is 0 Å². The lowest BCUT2D eigenvalue weighted by Crippen LogP contribution is -2.25. The molecule has 1 unspecified atom stereocenters. The van der Waals surface area contributed by atoms with E-state index < -0.39 is 5.92 Å². The third kappa shape index (κ3) is 8.55. The lowest BCUT2D eigenvalue weighted by Gasteiger charge is -2.13. The monoisotopic (exact) mass is 310 g/mol. The van der Waals surface area contributed by atoms with Crippen LogP contribution in [0, 0.1) is 5.92 Å². The molecule has 1 aliphatic carbocycles. The molecule has 0 radical (unpaired) electrons. The van der Waals surface area contributed by atoms with Crippen LogP contribution in [0.5, 0.6) is 0 Å². The number of Topliss-reactive ketones (excluding diaryl/α,β-unsaturated/α-hetero) is 1. The fourth-order valence-electron chi connectivity index (χ4n) is 3.32. The van der Waals surface area contributed by atoms with Gasteiger partial charge in [0.15, 0.2) is 0 Å². The first-order valence-corrected chi connectivity index (χ1v) is 9.36. The summed E-state index contributed by atoms with van der Waals surface area (Å²) in [4.78, 5) is 24.1. The Kier molecular flexibility index (Phi) is 11.0. The molecule has 0 saturated heterocycles. The standard InChI is InChI=1S/C19H34O3/c1-22-19(21)17-15-13-11-9-7-5-3-2-4-6-8-10-12-14-16-18(17)20/h17H,2-16H2,1H3. The van der Waals surface area contributed by atoms with Crippen molar-refractivity contribution in [3.63, 3.8) is 0 Å². The Labute approximate surface area is 136 Å². The van der Waals surface area contributed by atoms with Crippen molar-refractivity contribution < 1.29 is 14.3 Å². The average molecular weight is 310 g/mol. The minimum Gasteiger partial charge on any atom is -0.468 e. The van der Waals surface area contributed by atoms with Crippen molar-refractivity contribution in [3.8, 4) is 0 Å². The lowest BCUT2D eigenvalue weighted by atomic mass is 9.93. The first-order chi connectivity index (χ1) is 10.8. The van der Waals surface area contributed by atoms with Gasteiger partial charge in [-0.2, -0.15) is 0 Å². The van der Waals surface area contributed by atoms with Crippen molar-refractivity contribution in [2.24, 2.45) is 5.92 Å². The van der Waals surface area contributed by atoms with Crippen LogP contribution in [0.3, 0.4) is 0 Å². The number of hydrogen-bond donors (Lipinski definition) is 0. The van der Waals surface area contributed by atoms with Gasteiger partial charge in [-0.05, 0) is 12.8 Å². The summed E-state index contributed by atoms with van der Waals surface area (Å²) in [5, 5.41) is 0. The molecule has 3 nitrogen and oxygen atoms in total. The predicted molar refractivity (Wildman–Crippen MR) is 89.8 cm³/mol. The van der Waals surface area contributed by atoms with Gasteiger partial charge in [0, 0.05) is 6.42 Å². The van der Waals surface area contributed by atoms with E-state index in [9.17, 15) is 9.59 Å². The van der Waals surface area contributed by atoms with E-state index >= 15 is 0 Å². The van der Waals surface area contributed by atoms with Crippen molar-refractivity contribution in [3.05, 3.63) is 0 Å². The molecule has 128 valence electrons. The number of esters is 1. The average Bonchev–Trinajstić information content (AvgIpc) is 2.53. The van der Waals surface area contributed by atoms with Gasteiger partial charge in [-0.1, -0.05) is 77.0 Å². The highest BCUT2D eigenvalue weighted by atomic mass is 16.5. The molecule has 1 saturated carbocycles. The second-order valence-electron chi connectivity index (χ2n) is 6.68. The second kappa shape index (κ2) is 12.7. The Hall–Kier alpha value is -0.860. The van der Waals surface area contributed by atoms with Crippen LogP contribution in [0.1, 0.15) is 96.3 Å². The van der Waals surface area contributed by atoms with Gasteiger partial charge in [0.1, 0.15) is 11.7 Å². The smallest absolute Gasteiger partial charge is 0.316 e. The summed E-state index contributed by atoms with van der Waals surface area (Å²) in [5.41, 5.74) is 0. The van der Waals surface area contributed by atoms with Gasteiger partial charge in [-0.15, -0.1) is 0 Å². The summed E-state index contributed by atoms with van der Waals surface area (Å²) in [6, 6.07) is 0. The summed E-state index contributed by atoms with van der Waals surface area (Å²) in [6.07, 6.45) is 17.1. The third-order valence-corrected chi connectivity index (χ3v) is 4.79. The molecule has 0 aliphatic heterocycles. The van der Waals surface area contributed by atoms with E-state index in [0.29, 0.717) is 12.8 Å². The summed E-state index contributed by atoms with van der Waals surface area (Å²) in [6.45, 7) is 0. The molecule has 3 heteroatoms. The molecule has 0 N–H and O–H groups in total. The van der Waals surface area contributed by atoms with E-state index in [1.807, 2.05) is 0 Å². The zero-order valence-electron chi connectivity index (χ0n) is 14.4. The molecule has 0 spiro atoms. The van der Waals surface area contributed by atoms with Gasteiger partial charge < -0.3 is 4.74 Å². The maximum atomic E-state index is 12.3. The van der Waals surface area contributed by atoms with E-state index in [1.165, 1.54) is 64.9 Å². The van der Waals surface area contributed by atoms with Gasteiger partial charge in [-0.25, -0.2) is 0 Å². The first kappa shape index (κ1) is 19.2. The van der Waals surface area contributed by atoms with Crippen LogP contribution < -0.4 is 0 Å².